The summed E-state index contributed by atoms with van der Waals surface area (Å²) < 4.78 is 5.11. The second-order valence-electron chi connectivity index (χ2n) is 4.29. The van der Waals surface area contributed by atoms with Gasteiger partial charge in [-0.25, -0.2) is 0 Å². The van der Waals surface area contributed by atoms with Gasteiger partial charge in [0.05, 0.1) is 6.42 Å². The predicted octanol–water partition coefficient (Wildman–Crippen LogP) is 2.96. The molecule has 4 heteroatoms. The molecule has 2 rings (SSSR count). The molecule has 4 nitrogen and oxygen atoms in total. The van der Waals surface area contributed by atoms with E-state index in [1.54, 1.807) is 0 Å². The van der Waals surface area contributed by atoms with Crippen LogP contribution in [0.4, 0.5) is 0 Å². The van der Waals surface area contributed by atoms with Crippen molar-refractivity contribution in [1.29, 1.82) is 0 Å². The van der Waals surface area contributed by atoms with Crippen LogP contribution in [0.25, 0.3) is 11.4 Å². The van der Waals surface area contributed by atoms with Gasteiger partial charge in [-0.05, 0) is 18.9 Å². The predicted molar refractivity (Wildman–Crippen MR) is 68.1 cm³/mol. The maximum absolute atomic E-state index is 11.5. The van der Waals surface area contributed by atoms with Crippen molar-refractivity contribution >= 4 is 5.78 Å². The van der Waals surface area contributed by atoms with Gasteiger partial charge in [0, 0.05) is 12.0 Å². The molecule has 0 spiro atoms. The summed E-state index contributed by atoms with van der Waals surface area (Å²) in [4.78, 5) is 15.8. The molecule has 1 aromatic heterocycles. The van der Waals surface area contributed by atoms with E-state index in [0.717, 1.165) is 17.5 Å². The summed E-state index contributed by atoms with van der Waals surface area (Å²) in [7, 11) is 0. The van der Waals surface area contributed by atoms with E-state index in [4.69, 9.17) is 4.52 Å². The van der Waals surface area contributed by atoms with Crippen molar-refractivity contribution in [3.63, 3.8) is 0 Å². The van der Waals surface area contributed by atoms with Crippen LogP contribution in [0, 0.1) is 6.92 Å². The van der Waals surface area contributed by atoms with E-state index in [2.05, 4.69) is 10.1 Å². The molecule has 2 aromatic rings. The zero-order valence-electron chi connectivity index (χ0n) is 10.6. The van der Waals surface area contributed by atoms with Crippen LogP contribution in [-0.4, -0.2) is 15.9 Å². The van der Waals surface area contributed by atoms with Crippen LogP contribution in [0.15, 0.2) is 28.8 Å². The molecule has 0 saturated carbocycles. The van der Waals surface area contributed by atoms with Gasteiger partial charge in [0.15, 0.2) is 0 Å². The first-order chi connectivity index (χ1) is 8.70. The lowest BCUT2D eigenvalue weighted by molar-refractivity contribution is -0.118. The number of aryl methyl sites for hydroxylation is 1. The molecule has 0 fully saturated rings. The van der Waals surface area contributed by atoms with E-state index in [0.29, 0.717) is 18.1 Å². The Kier molecular flexibility index (Phi) is 3.87. The van der Waals surface area contributed by atoms with Crippen LogP contribution in [0.1, 0.15) is 31.2 Å². The van der Waals surface area contributed by atoms with E-state index in [-0.39, 0.29) is 12.2 Å². The third-order valence-electron chi connectivity index (χ3n) is 2.73. The Labute approximate surface area is 106 Å². The Balaban J connectivity index is 2.16. The molecular formula is C14H16N2O2. The molecule has 0 aliphatic rings. The smallest absolute Gasteiger partial charge is 0.234 e. The third-order valence-corrected chi connectivity index (χ3v) is 2.73. The fraction of sp³-hybridized carbons (Fsp3) is 0.357. The van der Waals surface area contributed by atoms with Crippen LogP contribution in [0.3, 0.4) is 0 Å². The standard InChI is InChI=1S/C14H16N2O2/c1-3-6-11(17)9-13-15-14(16-18-13)12-8-5-4-7-10(12)2/h4-5,7-8H,3,6,9H2,1-2H3. The van der Waals surface area contributed by atoms with Crippen molar-refractivity contribution in [2.75, 3.05) is 0 Å². The molecule has 0 saturated heterocycles. The number of ketones is 1. The quantitative estimate of drug-likeness (QED) is 0.811. The van der Waals surface area contributed by atoms with Crippen LogP contribution >= 0.6 is 0 Å². The first kappa shape index (κ1) is 12.5. The van der Waals surface area contributed by atoms with Crippen molar-refractivity contribution in [2.24, 2.45) is 0 Å². The van der Waals surface area contributed by atoms with Crippen molar-refractivity contribution in [3.05, 3.63) is 35.7 Å². The highest BCUT2D eigenvalue weighted by Crippen LogP contribution is 2.19. The second-order valence-corrected chi connectivity index (χ2v) is 4.29. The third kappa shape index (κ3) is 2.83. The number of rotatable bonds is 5. The molecule has 0 aliphatic carbocycles. The van der Waals surface area contributed by atoms with Crippen molar-refractivity contribution in [2.45, 2.75) is 33.1 Å². The minimum Gasteiger partial charge on any atom is -0.339 e. The minimum atomic E-state index is 0.137. The number of carbonyl (C=O) groups is 1. The van der Waals surface area contributed by atoms with Gasteiger partial charge < -0.3 is 4.52 Å². The molecule has 94 valence electrons. The topological polar surface area (TPSA) is 56.0 Å². The van der Waals surface area contributed by atoms with Crippen LogP contribution < -0.4 is 0 Å². The van der Waals surface area contributed by atoms with E-state index in [1.807, 2.05) is 38.1 Å². The highest BCUT2D eigenvalue weighted by Gasteiger charge is 2.12. The van der Waals surface area contributed by atoms with E-state index < -0.39 is 0 Å². The average Bonchev–Trinajstić information content (AvgIpc) is 2.78. The number of aromatic nitrogens is 2. The first-order valence-electron chi connectivity index (χ1n) is 6.11. The molecule has 0 N–H and O–H groups in total. The molecule has 0 unspecified atom stereocenters. The van der Waals surface area contributed by atoms with Crippen molar-refractivity contribution in [1.82, 2.24) is 10.1 Å². The summed E-state index contributed by atoms with van der Waals surface area (Å²) >= 11 is 0. The average molecular weight is 244 g/mol. The van der Waals surface area contributed by atoms with Crippen LogP contribution in [-0.2, 0) is 11.2 Å². The first-order valence-corrected chi connectivity index (χ1v) is 6.11. The molecular weight excluding hydrogens is 228 g/mol. The summed E-state index contributed by atoms with van der Waals surface area (Å²) in [5.74, 6) is 1.08. The fourth-order valence-corrected chi connectivity index (χ4v) is 1.80. The summed E-state index contributed by atoms with van der Waals surface area (Å²) in [6.45, 7) is 3.97. The molecule has 1 aromatic carbocycles. The lowest BCUT2D eigenvalue weighted by Gasteiger charge is -1.98. The largest absolute Gasteiger partial charge is 0.339 e. The second kappa shape index (κ2) is 5.58. The van der Waals surface area contributed by atoms with E-state index in [1.165, 1.54) is 0 Å². The maximum atomic E-state index is 11.5. The number of Topliss-reactive ketones (excluding diaryl/α,β-unsaturated/α-hetero) is 1. The number of benzene rings is 1. The Morgan fingerprint density at radius 1 is 1.33 bits per heavy atom. The number of hydrogen-bond donors (Lipinski definition) is 0. The van der Waals surface area contributed by atoms with Crippen molar-refractivity contribution in [3.8, 4) is 11.4 Å². The highest BCUT2D eigenvalue weighted by atomic mass is 16.5. The van der Waals surface area contributed by atoms with Gasteiger partial charge in [-0.2, -0.15) is 4.98 Å². The van der Waals surface area contributed by atoms with E-state index in [9.17, 15) is 4.79 Å². The van der Waals surface area contributed by atoms with Crippen LogP contribution in [0.2, 0.25) is 0 Å². The zero-order chi connectivity index (χ0) is 13.0. The Bertz CT molecular complexity index is 546. The Morgan fingerprint density at radius 3 is 2.83 bits per heavy atom. The molecule has 0 atom stereocenters. The molecule has 0 aliphatic heterocycles. The maximum Gasteiger partial charge on any atom is 0.234 e. The summed E-state index contributed by atoms with van der Waals surface area (Å²) in [5.41, 5.74) is 2.03. The Hall–Kier alpha value is -1.97. The van der Waals surface area contributed by atoms with Gasteiger partial charge in [0.2, 0.25) is 11.7 Å². The minimum absolute atomic E-state index is 0.137. The monoisotopic (exact) mass is 244 g/mol. The van der Waals surface area contributed by atoms with Gasteiger partial charge in [0.25, 0.3) is 0 Å². The summed E-state index contributed by atoms with van der Waals surface area (Å²) in [5, 5.41) is 3.92. The number of hydrogen-bond acceptors (Lipinski definition) is 4. The van der Waals surface area contributed by atoms with Gasteiger partial charge in [0.1, 0.15) is 5.78 Å². The molecule has 18 heavy (non-hydrogen) atoms. The van der Waals surface area contributed by atoms with Crippen LogP contribution in [0.5, 0.6) is 0 Å². The lowest BCUT2D eigenvalue weighted by Crippen LogP contribution is -2.01. The summed E-state index contributed by atoms with van der Waals surface area (Å²) in [6.07, 6.45) is 1.63. The van der Waals surface area contributed by atoms with Gasteiger partial charge >= 0.3 is 0 Å². The van der Waals surface area contributed by atoms with E-state index >= 15 is 0 Å². The summed E-state index contributed by atoms with van der Waals surface area (Å²) in [6, 6.07) is 7.83. The van der Waals surface area contributed by atoms with Crippen molar-refractivity contribution < 1.29 is 9.32 Å². The number of nitrogens with zero attached hydrogens (tertiary/aromatic N) is 2. The molecule has 1 heterocycles. The normalized spacial score (nSPS) is 10.6. The fourth-order valence-electron chi connectivity index (χ4n) is 1.80. The van der Waals surface area contributed by atoms with Gasteiger partial charge in [-0.1, -0.05) is 36.3 Å². The zero-order valence-corrected chi connectivity index (χ0v) is 10.6. The van der Waals surface area contributed by atoms with Gasteiger partial charge in [-0.3, -0.25) is 4.79 Å². The molecule has 0 bridgehead atoms. The molecule has 0 radical (unpaired) electrons. The molecule has 0 amide bonds. The highest BCUT2D eigenvalue weighted by molar-refractivity contribution is 5.79. The number of carbonyl (C=O) groups excluding carboxylic acids is 1. The Morgan fingerprint density at radius 2 is 2.11 bits per heavy atom. The van der Waals surface area contributed by atoms with Gasteiger partial charge in [-0.15, -0.1) is 0 Å². The lowest BCUT2D eigenvalue weighted by atomic mass is 10.1. The SMILES string of the molecule is CCCC(=O)Cc1nc(-c2ccccc2C)no1.